The van der Waals surface area contributed by atoms with Crippen LogP contribution in [0.2, 0.25) is 5.02 Å². The standard InChI is InChI=1S/C18H18BrClFN5O/c1-11-18(23-17(27)6-7-25-9-13(19)8-22-25)12(2)26(24-11)10-14-15(20)4-3-5-16(14)21/h3-5,8-9H,6-7,10H2,1-2H3,(H,23,27). The molecule has 3 aromatic rings. The summed E-state index contributed by atoms with van der Waals surface area (Å²) in [6.07, 6.45) is 3.75. The van der Waals surface area contributed by atoms with Crippen LogP contribution in [0.3, 0.4) is 0 Å². The molecule has 0 radical (unpaired) electrons. The zero-order valence-electron chi connectivity index (χ0n) is 14.8. The number of halogens is 3. The van der Waals surface area contributed by atoms with Gasteiger partial charge in [-0.3, -0.25) is 14.2 Å². The highest BCUT2D eigenvalue weighted by Crippen LogP contribution is 2.24. The van der Waals surface area contributed by atoms with E-state index in [2.05, 4.69) is 31.4 Å². The Labute approximate surface area is 169 Å². The SMILES string of the molecule is Cc1nn(Cc2c(F)cccc2Cl)c(C)c1NC(=O)CCn1cc(Br)cn1. The lowest BCUT2D eigenvalue weighted by Gasteiger charge is -2.09. The van der Waals surface area contributed by atoms with Crippen LogP contribution in [-0.4, -0.2) is 25.5 Å². The van der Waals surface area contributed by atoms with Gasteiger partial charge in [0.15, 0.2) is 0 Å². The quantitative estimate of drug-likeness (QED) is 0.603. The van der Waals surface area contributed by atoms with Crippen molar-refractivity contribution in [2.45, 2.75) is 33.4 Å². The van der Waals surface area contributed by atoms with Crippen LogP contribution in [0.1, 0.15) is 23.4 Å². The summed E-state index contributed by atoms with van der Waals surface area (Å²) >= 11 is 9.42. The molecular formula is C18H18BrClFN5O. The normalized spacial score (nSPS) is 11.0. The molecule has 0 aliphatic carbocycles. The van der Waals surface area contributed by atoms with E-state index in [4.69, 9.17) is 11.6 Å². The van der Waals surface area contributed by atoms with Gasteiger partial charge in [0.2, 0.25) is 5.91 Å². The van der Waals surface area contributed by atoms with Gasteiger partial charge < -0.3 is 5.32 Å². The molecule has 0 aliphatic rings. The number of aromatic nitrogens is 4. The number of rotatable bonds is 6. The molecule has 1 N–H and O–H groups in total. The number of aryl methyl sites for hydroxylation is 2. The van der Waals surface area contributed by atoms with E-state index in [1.54, 1.807) is 40.8 Å². The number of hydrogen-bond acceptors (Lipinski definition) is 3. The summed E-state index contributed by atoms with van der Waals surface area (Å²) in [4.78, 5) is 12.3. The first-order chi connectivity index (χ1) is 12.8. The van der Waals surface area contributed by atoms with Gasteiger partial charge in [-0.2, -0.15) is 10.2 Å². The highest BCUT2D eigenvalue weighted by Gasteiger charge is 2.16. The maximum absolute atomic E-state index is 14.0. The van der Waals surface area contributed by atoms with Crippen LogP contribution < -0.4 is 5.32 Å². The van der Waals surface area contributed by atoms with E-state index >= 15 is 0 Å². The summed E-state index contributed by atoms with van der Waals surface area (Å²) in [5.74, 6) is -0.526. The lowest BCUT2D eigenvalue weighted by Crippen LogP contribution is -2.16. The van der Waals surface area contributed by atoms with Gasteiger partial charge in [-0.05, 0) is 41.9 Å². The van der Waals surface area contributed by atoms with Crippen LogP contribution in [0.25, 0.3) is 0 Å². The van der Waals surface area contributed by atoms with Gasteiger partial charge in [0.25, 0.3) is 0 Å². The molecular weight excluding hydrogens is 437 g/mol. The van der Waals surface area contributed by atoms with Gasteiger partial charge in [-0.15, -0.1) is 0 Å². The molecule has 0 aliphatic heterocycles. The largest absolute Gasteiger partial charge is 0.323 e. The Morgan fingerprint density at radius 1 is 1.37 bits per heavy atom. The second-order valence-corrected chi connectivity index (χ2v) is 7.45. The number of nitrogens with one attached hydrogen (secondary N) is 1. The first-order valence-electron chi connectivity index (χ1n) is 8.30. The van der Waals surface area contributed by atoms with Crippen LogP contribution in [0.15, 0.2) is 35.1 Å². The minimum Gasteiger partial charge on any atom is -0.323 e. The molecule has 0 saturated carbocycles. The third kappa shape index (κ3) is 4.56. The number of hydrogen-bond donors (Lipinski definition) is 1. The van der Waals surface area contributed by atoms with Crippen molar-refractivity contribution in [3.63, 3.8) is 0 Å². The first-order valence-corrected chi connectivity index (χ1v) is 9.47. The monoisotopic (exact) mass is 453 g/mol. The topological polar surface area (TPSA) is 64.7 Å². The van der Waals surface area contributed by atoms with Gasteiger partial charge in [-0.25, -0.2) is 4.39 Å². The molecule has 1 amide bonds. The Balaban J connectivity index is 1.70. The maximum Gasteiger partial charge on any atom is 0.226 e. The number of amides is 1. The highest BCUT2D eigenvalue weighted by molar-refractivity contribution is 9.10. The van der Waals surface area contributed by atoms with E-state index in [9.17, 15) is 9.18 Å². The van der Waals surface area contributed by atoms with Crippen molar-refractivity contribution in [3.8, 4) is 0 Å². The summed E-state index contributed by atoms with van der Waals surface area (Å²) in [7, 11) is 0. The molecule has 0 unspecified atom stereocenters. The predicted molar refractivity (Wildman–Crippen MR) is 105 cm³/mol. The highest BCUT2D eigenvalue weighted by atomic mass is 79.9. The van der Waals surface area contributed by atoms with E-state index in [0.717, 1.165) is 10.2 Å². The van der Waals surface area contributed by atoms with Crippen LogP contribution in [0.5, 0.6) is 0 Å². The molecule has 0 fully saturated rings. The second-order valence-electron chi connectivity index (χ2n) is 6.12. The number of carbonyl (C=O) groups excluding carboxylic acids is 1. The van der Waals surface area contributed by atoms with Gasteiger partial charge in [0.05, 0.1) is 34.3 Å². The third-order valence-electron chi connectivity index (χ3n) is 4.19. The second kappa shape index (κ2) is 8.22. The molecule has 0 atom stereocenters. The van der Waals surface area contributed by atoms with Crippen molar-refractivity contribution in [2.75, 3.05) is 5.32 Å². The molecule has 0 bridgehead atoms. The Kier molecular flexibility index (Phi) is 5.96. The average molecular weight is 455 g/mol. The lowest BCUT2D eigenvalue weighted by molar-refractivity contribution is -0.116. The predicted octanol–water partition coefficient (Wildman–Crippen LogP) is 4.33. The molecule has 3 rings (SSSR count). The fraction of sp³-hybridized carbons (Fsp3) is 0.278. The van der Waals surface area contributed by atoms with E-state index < -0.39 is 0 Å². The summed E-state index contributed by atoms with van der Waals surface area (Å²) in [6.45, 7) is 4.28. The van der Waals surface area contributed by atoms with Crippen molar-refractivity contribution >= 4 is 39.1 Å². The summed E-state index contributed by atoms with van der Waals surface area (Å²) in [5, 5.41) is 11.8. The van der Waals surface area contributed by atoms with Crippen LogP contribution in [0.4, 0.5) is 10.1 Å². The van der Waals surface area contributed by atoms with Crippen molar-refractivity contribution in [1.82, 2.24) is 19.6 Å². The van der Waals surface area contributed by atoms with Crippen LogP contribution in [0, 0.1) is 19.7 Å². The van der Waals surface area contributed by atoms with Crippen molar-refractivity contribution in [3.05, 3.63) is 62.9 Å². The molecule has 9 heteroatoms. The fourth-order valence-corrected chi connectivity index (χ4v) is 3.29. The number of carbonyl (C=O) groups is 1. The molecule has 27 heavy (non-hydrogen) atoms. The van der Waals surface area contributed by atoms with Gasteiger partial charge >= 0.3 is 0 Å². The lowest BCUT2D eigenvalue weighted by atomic mass is 10.2. The van der Waals surface area contributed by atoms with Crippen molar-refractivity contribution in [2.24, 2.45) is 0 Å². The van der Waals surface area contributed by atoms with Gasteiger partial charge in [0.1, 0.15) is 5.82 Å². The van der Waals surface area contributed by atoms with E-state index in [1.165, 1.54) is 6.07 Å². The van der Waals surface area contributed by atoms with Crippen molar-refractivity contribution in [1.29, 1.82) is 0 Å². The Hall–Kier alpha value is -2.19. The zero-order valence-corrected chi connectivity index (χ0v) is 17.2. The minimum absolute atomic E-state index is 0.142. The van der Waals surface area contributed by atoms with E-state index in [1.807, 2.05) is 6.92 Å². The minimum atomic E-state index is -0.383. The molecule has 0 saturated heterocycles. The Morgan fingerprint density at radius 2 is 2.15 bits per heavy atom. The summed E-state index contributed by atoms with van der Waals surface area (Å²) in [6, 6.07) is 4.57. The number of anilines is 1. The molecule has 0 spiro atoms. The zero-order chi connectivity index (χ0) is 19.6. The number of nitrogens with zero attached hydrogens (tertiary/aromatic N) is 4. The molecule has 6 nitrogen and oxygen atoms in total. The Morgan fingerprint density at radius 3 is 2.81 bits per heavy atom. The molecule has 142 valence electrons. The first kappa shape index (κ1) is 19.6. The van der Waals surface area contributed by atoms with Crippen LogP contribution >= 0.6 is 27.5 Å². The average Bonchev–Trinajstić information content (AvgIpc) is 3.14. The third-order valence-corrected chi connectivity index (χ3v) is 4.95. The van der Waals surface area contributed by atoms with Crippen molar-refractivity contribution < 1.29 is 9.18 Å². The maximum atomic E-state index is 14.0. The van der Waals surface area contributed by atoms with Gasteiger partial charge in [-0.1, -0.05) is 17.7 Å². The fourth-order valence-electron chi connectivity index (χ4n) is 2.74. The summed E-state index contributed by atoms with van der Waals surface area (Å²) < 4.78 is 18.2. The van der Waals surface area contributed by atoms with E-state index in [0.29, 0.717) is 28.5 Å². The van der Waals surface area contributed by atoms with Gasteiger partial charge in [0, 0.05) is 29.7 Å². The smallest absolute Gasteiger partial charge is 0.226 e. The van der Waals surface area contributed by atoms with E-state index in [-0.39, 0.29) is 24.7 Å². The van der Waals surface area contributed by atoms with Crippen LogP contribution in [-0.2, 0) is 17.9 Å². The molecule has 1 aromatic carbocycles. The number of benzene rings is 1. The summed E-state index contributed by atoms with van der Waals surface area (Å²) in [5.41, 5.74) is 2.40. The molecule has 2 heterocycles. The Bertz CT molecular complexity index is 964. The molecule has 2 aromatic heterocycles.